The Balaban J connectivity index is 1.61. The Kier molecular flexibility index (Phi) is 7.38. The highest BCUT2D eigenvalue weighted by Crippen LogP contribution is 2.38. The zero-order chi connectivity index (χ0) is 26.0. The van der Waals surface area contributed by atoms with Crippen molar-refractivity contribution in [2.45, 2.75) is 71.9 Å². The summed E-state index contributed by atoms with van der Waals surface area (Å²) in [6, 6.07) is 12.8. The lowest BCUT2D eigenvalue weighted by Crippen LogP contribution is -2.41. The van der Waals surface area contributed by atoms with Gasteiger partial charge < -0.3 is 19.7 Å². The van der Waals surface area contributed by atoms with Crippen molar-refractivity contribution in [1.82, 2.24) is 14.9 Å². The molecule has 0 saturated carbocycles. The maximum absolute atomic E-state index is 12.5. The summed E-state index contributed by atoms with van der Waals surface area (Å²) in [5.74, 6) is 2.63. The number of ether oxygens (including phenoxy) is 2. The van der Waals surface area contributed by atoms with Gasteiger partial charge in [0.05, 0.1) is 12.6 Å². The minimum absolute atomic E-state index is 0.0880. The molecule has 0 radical (unpaired) electrons. The van der Waals surface area contributed by atoms with Crippen molar-refractivity contribution in [2.75, 3.05) is 25.5 Å². The van der Waals surface area contributed by atoms with Gasteiger partial charge >= 0.3 is 6.09 Å². The number of anilines is 1. The first-order valence-corrected chi connectivity index (χ1v) is 12.7. The molecule has 1 fully saturated rings. The molecule has 7 nitrogen and oxygen atoms in total. The number of rotatable bonds is 5. The minimum atomic E-state index is -0.493. The third kappa shape index (κ3) is 5.89. The van der Waals surface area contributed by atoms with E-state index < -0.39 is 5.60 Å². The van der Waals surface area contributed by atoms with Crippen LogP contribution >= 0.6 is 0 Å². The SMILES string of the molecule is COc1cc2nc(C)nc(N[C@H](C)c3cccc(C)c3)c2cc1C1CCN(C(=O)OC(C)(C)C)CC1. The molecule has 1 amide bonds. The number of hydrogen-bond acceptors (Lipinski definition) is 6. The molecule has 4 rings (SSSR count). The molecular weight excluding hydrogens is 452 g/mol. The fourth-order valence-corrected chi connectivity index (χ4v) is 4.82. The van der Waals surface area contributed by atoms with Gasteiger partial charge in [0.1, 0.15) is 23.0 Å². The van der Waals surface area contributed by atoms with Gasteiger partial charge in [-0.25, -0.2) is 14.8 Å². The third-order valence-electron chi connectivity index (χ3n) is 6.64. The van der Waals surface area contributed by atoms with E-state index in [1.165, 1.54) is 11.1 Å². The summed E-state index contributed by atoms with van der Waals surface area (Å²) in [6.07, 6.45) is 1.44. The van der Waals surface area contributed by atoms with Crippen LogP contribution in [0, 0.1) is 13.8 Å². The van der Waals surface area contributed by atoms with E-state index in [1.54, 1.807) is 12.0 Å². The predicted molar refractivity (Wildman–Crippen MR) is 144 cm³/mol. The molecule has 1 aliphatic heterocycles. The standard InChI is InChI=1S/C29H38N4O3/c1-18-9-8-10-22(15-18)19(2)30-27-24-16-23(26(35-7)17-25(24)31-20(3)32-27)21-11-13-33(14-12-21)28(34)36-29(4,5)6/h8-10,15-17,19,21H,11-14H2,1-7H3,(H,30,31,32)/t19-/m1/s1. The highest BCUT2D eigenvalue weighted by molar-refractivity contribution is 5.91. The van der Waals surface area contributed by atoms with Crippen LogP contribution in [0.3, 0.4) is 0 Å². The largest absolute Gasteiger partial charge is 0.496 e. The Morgan fingerprint density at radius 1 is 1.11 bits per heavy atom. The van der Waals surface area contributed by atoms with Crippen LogP contribution in [0.15, 0.2) is 36.4 Å². The molecule has 1 aliphatic rings. The maximum Gasteiger partial charge on any atom is 0.410 e. The van der Waals surface area contributed by atoms with Crippen molar-refractivity contribution in [3.05, 3.63) is 58.9 Å². The number of nitrogens with one attached hydrogen (secondary N) is 1. The van der Waals surface area contributed by atoms with Crippen LogP contribution < -0.4 is 10.1 Å². The zero-order valence-corrected chi connectivity index (χ0v) is 22.5. The van der Waals surface area contributed by atoms with Gasteiger partial charge in [-0.2, -0.15) is 0 Å². The average Bonchev–Trinajstić information content (AvgIpc) is 2.82. The van der Waals surface area contributed by atoms with E-state index in [0.717, 1.165) is 40.9 Å². The average molecular weight is 491 g/mol. The van der Waals surface area contributed by atoms with Crippen LogP contribution in [0.2, 0.25) is 0 Å². The van der Waals surface area contributed by atoms with Crippen molar-refractivity contribution in [3.8, 4) is 5.75 Å². The minimum Gasteiger partial charge on any atom is -0.496 e. The van der Waals surface area contributed by atoms with Gasteiger partial charge in [0, 0.05) is 30.6 Å². The second kappa shape index (κ2) is 10.3. The number of benzene rings is 2. The summed E-state index contributed by atoms with van der Waals surface area (Å²) < 4.78 is 11.4. The van der Waals surface area contributed by atoms with Crippen molar-refractivity contribution in [1.29, 1.82) is 0 Å². The van der Waals surface area contributed by atoms with E-state index in [1.807, 2.05) is 33.8 Å². The number of methoxy groups -OCH3 is 1. The number of piperidine rings is 1. The van der Waals surface area contributed by atoms with Gasteiger partial charge in [-0.05, 0) is 77.5 Å². The molecule has 2 heterocycles. The third-order valence-corrected chi connectivity index (χ3v) is 6.64. The van der Waals surface area contributed by atoms with E-state index in [0.29, 0.717) is 18.9 Å². The number of aromatic nitrogens is 2. The van der Waals surface area contributed by atoms with Gasteiger partial charge in [0.15, 0.2) is 0 Å². The predicted octanol–water partition coefficient (Wildman–Crippen LogP) is 6.54. The number of carbonyl (C=O) groups excluding carboxylic acids is 1. The van der Waals surface area contributed by atoms with Gasteiger partial charge in [0.2, 0.25) is 0 Å². The number of hydrogen-bond donors (Lipinski definition) is 1. The van der Waals surface area contributed by atoms with E-state index in [-0.39, 0.29) is 18.1 Å². The molecule has 1 aromatic heterocycles. The van der Waals surface area contributed by atoms with Crippen molar-refractivity contribution < 1.29 is 14.3 Å². The molecule has 0 spiro atoms. The van der Waals surface area contributed by atoms with E-state index in [2.05, 4.69) is 49.5 Å². The fraction of sp³-hybridized carbons (Fsp3) is 0.483. The molecule has 1 atom stereocenters. The Hall–Kier alpha value is -3.35. The summed E-state index contributed by atoms with van der Waals surface area (Å²) in [7, 11) is 1.70. The molecule has 0 bridgehead atoms. The van der Waals surface area contributed by atoms with Gasteiger partial charge in [-0.15, -0.1) is 0 Å². The Morgan fingerprint density at radius 2 is 1.83 bits per heavy atom. The molecule has 0 aliphatic carbocycles. The van der Waals surface area contributed by atoms with Crippen LogP contribution in [0.4, 0.5) is 10.6 Å². The van der Waals surface area contributed by atoms with Crippen LogP contribution in [-0.2, 0) is 4.74 Å². The number of amides is 1. The molecule has 1 saturated heterocycles. The lowest BCUT2D eigenvalue weighted by Gasteiger charge is -2.34. The second-order valence-corrected chi connectivity index (χ2v) is 10.8. The quantitative estimate of drug-likeness (QED) is 0.437. The molecule has 3 aromatic rings. The fourth-order valence-electron chi connectivity index (χ4n) is 4.82. The summed E-state index contributed by atoms with van der Waals surface area (Å²) in [5, 5.41) is 4.60. The van der Waals surface area contributed by atoms with Crippen LogP contribution in [-0.4, -0.2) is 46.8 Å². The Bertz CT molecular complexity index is 1240. The van der Waals surface area contributed by atoms with E-state index in [4.69, 9.17) is 19.4 Å². The van der Waals surface area contributed by atoms with E-state index in [9.17, 15) is 4.79 Å². The zero-order valence-electron chi connectivity index (χ0n) is 22.5. The highest BCUT2D eigenvalue weighted by Gasteiger charge is 2.29. The summed E-state index contributed by atoms with van der Waals surface area (Å²) in [5.41, 5.74) is 3.94. The number of aryl methyl sites for hydroxylation is 2. The first kappa shape index (κ1) is 25.7. The summed E-state index contributed by atoms with van der Waals surface area (Å²) >= 11 is 0. The number of carbonyl (C=O) groups is 1. The first-order chi connectivity index (χ1) is 17.0. The number of nitrogens with zero attached hydrogens (tertiary/aromatic N) is 3. The smallest absolute Gasteiger partial charge is 0.410 e. The van der Waals surface area contributed by atoms with Crippen LogP contribution in [0.5, 0.6) is 5.75 Å². The van der Waals surface area contributed by atoms with Crippen LogP contribution in [0.1, 0.15) is 75.0 Å². The molecule has 36 heavy (non-hydrogen) atoms. The van der Waals surface area contributed by atoms with E-state index >= 15 is 0 Å². The van der Waals surface area contributed by atoms with Gasteiger partial charge in [-0.1, -0.05) is 29.8 Å². The highest BCUT2D eigenvalue weighted by atomic mass is 16.6. The molecule has 1 N–H and O–H groups in total. The molecule has 192 valence electrons. The summed E-state index contributed by atoms with van der Waals surface area (Å²) in [6.45, 7) is 13.2. The maximum atomic E-state index is 12.5. The van der Waals surface area contributed by atoms with Crippen molar-refractivity contribution >= 4 is 22.8 Å². The lowest BCUT2D eigenvalue weighted by atomic mass is 9.88. The number of fused-ring (bicyclic) bond motifs is 1. The van der Waals surface area contributed by atoms with Crippen LogP contribution in [0.25, 0.3) is 10.9 Å². The monoisotopic (exact) mass is 490 g/mol. The normalized spacial score (nSPS) is 15.6. The molecule has 2 aromatic carbocycles. The molecule has 0 unspecified atom stereocenters. The van der Waals surface area contributed by atoms with Gasteiger partial charge in [0.25, 0.3) is 0 Å². The molecular formula is C29H38N4O3. The van der Waals surface area contributed by atoms with Crippen molar-refractivity contribution in [2.24, 2.45) is 0 Å². The molecule has 7 heteroatoms. The second-order valence-electron chi connectivity index (χ2n) is 10.8. The first-order valence-electron chi connectivity index (χ1n) is 12.7. The Morgan fingerprint density at radius 3 is 2.47 bits per heavy atom. The number of likely N-dealkylation sites (tertiary alicyclic amines) is 1. The Labute approximate surface area is 214 Å². The van der Waals surface area contributed by atoms with Gasteiger partial charge in [-0.3, -0.25) is 0 Å². The lowest BCUT2D eigenvalue weighted by molar-refractivity contribution is 0.0204. The summed E-state index contributed by atoms with van der Waals surface area (Å²) in [4.78, 5) is 23.8. The van der Waals surface area contributed by atoms with Crippen molar-refractivity contribution in [3.63, 3.8) is 0 Å². The topological polar surface area (TPSA) is 76.6 Å².